The highest BCUT2D eigenvalue weighted by molar-refractivity contribution is 9.10. The number of amides is 2. The van der Waals surface area contributed by atoms with Gasteiger partial charge in [0.1, 0.15) is 0 Å². The molecule has 1 aromatic carbocycles. The fraction of sp³-hybridized carbons (Fsp3) is 0.125. The maximum atomic E-state index is 12.1. The quantitative estimate of drug-likeness (QED) is 0.852. The summed E-state index contributed by atoms with van der Waals surface area (Å²) in [5.74, 6) is 1.95. The number of anilines is 1. The Bertz CT molecular complexity index is 746. The molecule has 0 spiro atoms. The van der Waals surface area contributed by atoms with Crippen molar-refractivity contribution in [3.05, 3.63) is 52.4 Å². The van der Waals surface area contributed by atoms with E-state index in [4.69, 9.17) is 10.8 Å². The molecule has 2 aromatic rings. The molecule has 1 heterocycles. The van der Waals surface area contributed by atoms with E-state index in [1.807, 2.05) is 0 Å². The molecule has 0 aliphatic heterocycles. The zero-order valence-electron chi connectivity index (χ0n) is 11.8. The minimum absolute atomic E-state index is 0.0998. The van der Waals surface area contributed by atoms with Gasteiger partial charge in [0.15, 0.2) is 10.4 Å². The first kappa shape index (κ1) is 15.9. The molecule has 112 valence electrons. The molecular formula is C16H13BrN2O3. The number of carbonyl (C=O) groups is 2. The topological polar surface area (TPSA) is 62.6 Å². The lowest BCUT2D eigenvalue weighted by Gasteiger charge is -2.15. The van der Waals surface area contributed by atoms with Crippen LogP contribution in [0.4, 0.5) is 5.69 Å². The zero-order chi connectivity index (χ0) is 16.1. The second kappa shape index (κ2) is 6.96. The maximum Gasteiger partial charge on any atom is 0.289 e. The van der Waals surface area contributed by atoms with Gasteiger partial charge in [-0.05, 0) is 46.3 Å². The molecule has 5 nitrogen and oxygen atoms in total. The third-order valence-corrected chi connectivity index (χ3v) is 3.25. The van der Waals surface area contributed by atoms with Crippen LogP contribution >= 0.6 is 15.9 Å². The number of halogens is 1. The Morgan fingerprint density at radius 1 is 1.36 bits per heavy atom. The molecule has 0 unspecified atom stereocenters. The first-order valence-corrected chi connectivity index (χ1v) is 7.16. The SMILES string of the molecule is C#Cc1cccc(NC(=O)CN(C)C(=O)c2ccc(Br)o2)c1. The third-order valence-electron chi connectivity index (χ3n) is 2.82. The summed E-state index contributed by atoms with van der Waals surface area (Å²) in [7, 11) is 1.52. The molecule has 1 N–H and O–H groups in total. The Morgan fingerprint density at radius 3 is 2.77 bits per heavy atom. The van der Waals surface area contributed by atoms with Gasteiger partial charge in [-0.1, -0.05) is 12.0 Å². The first-order valence-electron chi connectivity index (χ1n) is 6.37. The first-order chi connectivity index (χ1) is 10.5. The van der Waals surface area contributed by atoms with Crippen molar-refractivity contribution < 1.29 is 14.0 Å². The number of hydrogen-bond donors (Lipinski definition) is 1. The average molecular weight is 361 g/mol. The minimum Gasteiger partial charge on any atom is -0.444 e. The Morgan fingerprint density at radius 2 is 2.14 bits per heavy atom. The van der Waals surface area contributed by atoms with Gasteiger partial charge in [0.2, 0.25) is 5.91 Å². The van der Waals surface area contributed by atoms with E-state index in [9.17, 15) is 9.59 Å². The van der Waals surface area contributed by atoms with Crippen LogP contribution in [0.1, 0.15) is 16.1 Å². The van der Waals surface area contributed by atoms with Crippen LogP contribution in [0.5, 0.6) is 0 Å². The molecule has 6 heteroatoms. The predicted molar refractivity (Wildman–Crippen MR) is 86.4 cm³/mol. The number of nitrogens with one attached hydrogen (secondary N) is 1. The normalized spacial score (nSPS) is 9.86. The molecule has 2 amide bonds. The molecule has 0 bridgehead atoms. The van der Waals surface area contributed by atoms with E-state index in [1.54, 1.807) is 30.3 Å². The number of carbonyl (C=O) groups excluding carboxylic acids is 2. The molecule has 22 heavy (non-hydrogen) atoms. The second-order valence-electron chi connectivity index (χ2n) is 4.54. The molecule has 0 radical (unpaired) electrons. The lowest BCUT2D eigenvalue weighted by atomic mass is 10.2. The molecule has 1 aromatic heterocycles. The maximum absolute atomic E-state index is 12.1. The summed E-state index contributed by atoms with van der Waals surface area (Å²) >= 11 is 3.13. The summed E-state index contributed by atoms with van der Waals surface area (Å²) in [6.07, 6.45) is 5.31. The summed E-state index contributed by atoms with van der Waals surface area (Å²) in [6.45, 7) is -0.0998. The van der Waals surface area contributed by atoms with E-state index in [-0.39, 0.29) is 24.1 Å². The van der Waals surface area contributed by atoms with Crippen molar-refractivity contribution in [3.8, 4) is 12.3 Å². The predicted octanol–water partition coefficient (Wildman–Crippen LogP) is 2.73. The largest absolute Gasteiger partial charge is 0.444 e. The van der Waals surface area contributed by atoms with Gasteiger partial charge in [-0.2, -0.15) is 0 Å². The van der Waals surface area contributed by atoms with E-state index < -0.39 is 0 Å². The number of benzene rings is 1. The Balaban J connectivity index is 1.96. The number of nitrogens with zero attached hydrogens (tertiary/aromatic N) is 1. The van der Waals surface area contributed by atoms with Gasteiger partial charge in [0, 0.05) is 18.3 Å². The van der Waals surface area contributed by atoms with Gasteiger partial charge in [0.05, 0.1) is 6.54 Å². The minimum atomic E-state index is -0.377. The van der Waals surface area contributed by atoms with Gasteiger partial charge in [-0.3, -0.25) is 9.59 Å². The molecule has 0 aliphatic carbocycles. The summed E-state index contributed by atoms with van der Waals surface area (Å²) in [5, 5.41) is 2.69. The van der Waals surface area contributed by atoms with Crippen molar-refractivity contribution in [3.63, 3.8) is 0 Å². The van der Waals surface area contributed by atoms with Gasteiger partial charge < -0.3 is 14.6 Å². The summed E-state index contributed by atoms with van der Waals surface area (Å²) in [4.78, 5) is 25.3. The van der Waals surface area contributed by atoms with Crippen LogP contribution in [-0.4, -0.2) is 30.3 Å². The molecule has 0 saturated carbocycles. The Hall–Kier alpha value is -2.52. The van der Waals surface area contributed by atoms with Gasteiger partial charge in [0.25, 0.3) is 5.91 Å². The second-order valence-corrected chi connectivity index (χ2v) is 5.32. The van der Waals surface area contributed by atoms with Crippen molar-refractivity contribution >= 4 is 33.4 Å². The molecule has 0 fully saturated rings. The number of rotatable bonds is 4. The van der Waals surface area contributed by atoms with Gasteiger partial charge in [-0.15, -0.1) is 6.42 Å². The number of hydrogen-bond acceptors (Lipinski definition) is 3. The van der Waals surface area contributed by atoms with Gasteiger partial charge in [-0.25, -0.2) is 0 Å². The van der Waals surface area contributed by atoms with Crippen molar-refractivity contribution in [2.75, 3.05) is 18.9 Å². The van der Waals surface area contributed by atoms with Crippen LogP contribution in [0.2, 0.25) is 0 Å². The molecular weight excluding hydrogens is 348 g/mol. The van der Waals surface area contributed by atoms with Crippen molar-refractivity contribution in [2.24, 2.45) is 0 Å². The number of likely N-dealkylation sites (N-methyl/N-ethyl adjacent to an activating group) is 1. The lowest BCUT2D eigenvalue weighted by Crippen LogP contribution is -2.34. The smallest absolute Gasteiger partial charge is 0.289 e. The zero-order valence-corrected chi connectivity index (χ0v) is 13.4. The highest BCUT2D eigenvalue weighted by Gasteiger charge is 2.18. The monoisotopic (exact) mass is 360 g/mol. The highest BCUT2D eigenvalue weighted by Crippen LogP contribution is 2.15. The van der Waals surface area contributed by atoms with Crippen LogP contribution in [-0.2, 0) is 4.79 Å². The number of terminal acetylenes is 1. The van der Waals surface area contributed by atoms with Crippen LogP contribution in [0.15, 0.2) is 45.5 Å². The van der Waals surface area contributed by atoms with E-state index in [2.05, 4.69) is 27.2 Å². The van der Waals surface area contributed by atoms with Crippen molar-refractivity contribution in [1.82, 2.24) is 4.90 Å². The Kier molecular flexibility index (Phi) is 5.02. The fourth-order valence-corrected chi connectivity index (χ4v) is 2.10. The van der Waals surface area contributed by atoms with Crippen LogP contribution in [0.25, 0.3) is 0 Å². The van der Waals surface area contributed by atoms with Crippen LogP contribution < -0.4 is 5.32 Å². The lowest BCUT2D eigenvalue weighted by molar-refractivity contribution is -0.116. The molecule has 0 aliphatic rings. The molecule has 0 saturated heterocycles. The Labute approximate surface area is 136 Å². The van der Waals surface area contributed by atoms with Crippen molar-refractivity contribution in [2.45, 2.75) is 0 Å². The van der Waals surface area contributed by atoms with Gasteiger partial charge >= 0.3 is 0 Å². The van der Waals surface area contributed by atoms with E-state index in [0.29, 0.717) is 15.9 Å². The molecule has 0 atom stereocenters. The van der Waals surface area contributed by atoms with E-state index >= 15 is 0 Å². The fourth-order valence-electron chi connectivity index (χ4n) is 1.79. The van der Waals surface area contributed by atoms with E-state index in [1.165, 1.54) is 18.0 Å². The van der Waals surface area contributed by atoms with Crippen LogP contribution in [0.3, 0.4) is 0 Å². The third kappa shape index (κ3) is 3.99. The summed E-state index contributed by atoms with van der Waals surface area (Å²) in [5.41, 5.74) is 1.25. The summed E-state index contributed by atoms with van der Waals surface area (Å²) < 4.78 is 5.63. The van der Waals surface area contributed by atoms with E-state index in [0.717, 1.165) is 0 Å². The average Bonchev–Trinajstić information content (AvgIpc) is 2.93. The summed E-state index contributed by atoms with van der Waals surface area (Å²) in [6, 6.07) is 10.1. The standard InChI is InChI=1S/C16H13BrN2O3/c1-3-11-5-4-6-12(9-11)18-15(20)10-19(2)16(21)13-7-8-14(17)22-13/h1,4-9H,10H2,2H3,(H,18,20). The van der Waals surface area contributed by atoms with Crippen molar-refractivity contribution in [1.29, 1.82) is 0 Å². The highest BCUT2D eigenvalue weighted by atomic mass is 79.9. The molecule has 2 rings (SSSR count). The van der Waals surface area contributed by atoms with Crippen LogP contribution in [0, 0.1) is 12.3 Å². The number of furan rings is 1.